The van der Waals surface area contributed by atoms with Crippen molar-refractivity contribution in [3.63, 3.8) is 0 Å². The Morgan fingerprint density at radius 3 is 2.47 bits per heavy atom. The maximum atomic E-state index is 13.7. The first kappa shape index (κ1) is 32.5. The van der Waals surface area contributed by atoms with Crippen molar-refractivity contribution in [2.75, 3.05) is 0 Å². The fourth-order valence-corrected chi connectivity index (χ4v) is 5.43. The fraction of sp³-hybridized carbons (Fsp3) is 0.333. The molecule has 1 saturated carbocycles. The Kier molecular flexibility index (Phi) is 9.88. The van der Waals surface area contributed by atoms with Crippen LogP contribution in [-0.4, -0.2) is 21.8 Å². The van der Waals surface area contributed by atoms with E-state index in [1.165, 1.54) is 6.08 Å². The van der Waals surface area contributed by atoms with Crippen molar-refractivity contribution in [2.45, 2.75) is 65.7 Å². The number of carbonyl (C=O) groups excluding carboxylic acids is 1. The largest absolute Gasteiger partial charge is 0.512 e. The molecular weight excluding hydrogens is 725 g/mol. The van der Waals surface area contributed by atoms with Gasteiger partial charge in [0.2, 0.25) is 5.92 Å². The van der Waals surface area contributed by atoms with Crippen LogP contribution in [0.3, 0.4) is 0 Å². The van der Waals surface area contributed by atoms with Gasteiger partial charge in [-0.25, -0.2) is 8.78 Å². The number of hydrogen-bond donors (Lipinski definition) is 1. The van der Waals surface area contributed by atoms with E-state index in [9.17, 15) is 18.7 Å². The van der Waals surface area contributed by atoms with Crippen molar-refractivity contribution in [3.05, 3.63) is 89.8 Å². The molecule has 1 fully saturated rings. The van der Waals surface area contributed by atoms with Crippen LogP contribution in [0.25, 0.3) is 44.0 Å². The smallest absolute Gasteiger partial charge is 0.248 e. The summed E-state index contributed by atoms with van der Waals surface area (Å²) < 4.78 is 33.7. The summed E-state index contributed by atoms with van der Waals surface area (Å²) in [5.74, 6) is -2.48. The summed E-state index contributed by atoms with van der Waals surface area (Å²) in [7, 11) is 0. The van der Waals surface area contributed by atoms with Crippen LogP contribution in [0.5, 0.6) is 0 Å². The first-order valence-electron chi connectivity index (χ1n) is 14.5. The van der Waals surface area contributed by atoms with Gasteiger partial charge in [0.1, 0.15) is 5.58 Å². The molecule has 0 spiro atoms. The van der Waals surface area contributed by atoms with Crippen molar-refractivity contribution >= 4 is 38.5 Å². The number of nitrogens with zero attached hydrogens (tertiary/aromatic N) is 1. The number of halogens is 2. The Morgan fingerprint density at radius 2 is 1.79 bits per heavy atom. The molecule has 3 aromatic carbocycles. The summed E-state index contributed by atoms with van der Waals surface area (Å²) in [6, 6.07) is 21.5. The normalized spacial score (nSPS) is 16.5. The molecule has 4 nitrogen and oxygen atoms in total. The number of allylic oxidation sites excluding steroid dienone is 2. The first-order chi connectivity index (χ1) is 19.9. The number of aliphatic hydroxyl groups excluding tert-OH is 1. The number of aliphatic hydroxyl groups is 1. The van der Waals surface area contributed by atoms with Crippen molar-refractivity contribution in [1.82, 2.24) is 4.98 Å². The van der Waals surface area contributed by atoms with E-state index in [2.05, 4.69) is 23.2 Å². The van der Waals surface area contributed by atoms with Crippen LogP contribution in [0.1, 0.15) is 64.0 Å². The molecule has 7 heteroatoms. The number of hydrogen-bond acceptors (Lipinski definition) is 4. The third-order valence-corrected chi connectivity index (χ3v) is 7.89. The number of alkyl halides is 2. The van der Waals surface area contributed by atoms with E-state index in [0.29, 0.717) is 6.42 Å². The molecule has 227 valence electrons. The maximum Gasteiger partial charge on any atom is 0.248 e. The fourth-order valence-electron chi connectivity index (χ4n) is 5.43. The van der Waals surface area contributed by atoms with E-state index in [-0.39, 0.29) is 62.2 Å². The maximum absolute atomic E-state index is 13.7. The van der Waals surface area contributed by atoms with Crippen LogP contribution < -0.4 is 0 Å². The summed E-state index contributed by atoms with van der Waals surface area (Å²) in [5.41, 5.74) is 5.22. The third-order valence-electron chi connectivity index (χ3n) is 7.89. The SMILES string of the molecule is CC(C)C(=O)/C=C(\O)C(C)C.Cc1[c-]c(-c2nccc3cc(C4CCC(F)(F)C4)ccc23)c2oc3ccccc3c2c1.[Ir]. The van der Waals surface area contributed by atoms with Crippen molar-refractivity contribution in [1.29, 1.82) is 0 Å². The number of benzene rings is 3. The second kappa shape index (κ2) is 13.1. The van der Waals surface area contributed by atoms with E-state index >= 15 is 0 Å². The number of pyridine rings is 1. The molecule has 2 heterocycles. The standard InChI is InChI=1S/C27H20F2NO.C9H16O2.Ir/c1-16-12-22-21-4-2-3-5-24(21)31-26(22)23(13-16)25-20-7-6-17(14-18(20)9-11-30-25)19-8-10-27(28,29)15-19;1-6(2)8(10)5-9(11)7(3)4;/h2-7,9,11-12,14,19H,8,10,15H2,1H3;5-7,10H,1-4H3;/q-1;;/b;8-5-;. The zero-order valence-electron chi connectivity index (χ0n) is 25.0. The molecule has 1 aliphatic carbocycles. The number of fused-ring (bicyclic) bond motifs is 4. The quantitative estimate of drug-likeness (QED) is 0.110. The molecule has 0 amide bonds. The Morgan fingerprint density at radius 1 is 1.05 bits per heavy atom. The number of rotatable bonds is 5. The number of ketones is 1. The van der Waals surface area contributed by atoms with Gasteiger partial charge < -0.3 is 14.5 Å². The van der Waals surface area contributed by atoms with E-state index in [1.807, 2.05) is 77.1 Å². The zero-order valence-corrected chi connectivity index (χ0v) is 27.4. The molecule has 0 bridgehead atoms. The van der Waals surface area contributed by atoms with Crippen LogP contribution >= 0.6 is 0 Å². The predicted octanol–water partition coefficient (Wildman–Crippen LogP) is 10.1. The summed E-state index contributed by atoms with van der Waals surface area (Å²) in [6.07, 6.45) is 3.52. The molecule has 2 aromatic heterocycles. The Bertz CT molecular complexity index is 1810. The third kappa shape index (κ3) is 7.05. The molecule has 1 N–H and O–H groups in total. The van der Waals surface area contributed by atoms with Gasteiger partial charge in [-0.05, 0) is 46.5 Å². The number of aromatic nitrogens is 1. The Balaban J connectivity index is 0.000000305. The molecule has 5 aromatic rings. The number of para-hydroxylation sites is 1. The number of aryl methyl sites for hydroxylation is 1. The Hall–Kier alpha value is -3.41. The zero-order chi connectivity index (χ0) is 30.2. The Labute approximate surface area is 264 Å². The van der Waals surface area contributed by atoms with Gasteiger partial charge in [-0.2, -0.15) is 0 Å². The van der Waals surface area contributed by atoms with Crippen molar-refractivity contribution in [2.24, 2.45) is 11.8 Å². The summed E-state index contributed by atoms with van der Waals surface area (Å²) >= 11 is 0. The molecule has 0 aliphatic heterocycles. The van der Waals surface area contributed by atoms with Gasteiger partial charge in [0.15, 0.2) is 5.78 Å². The minimum atomic E-state index is -2.55. The summed E-state index contributed by atoms with van der Waals surface area (Å²) in [5, 5.41) is 13.3. The van der Waals surface area contributed by atoms with Gasteiger partial charge in [-0.15, -0.1) is 17.7 Å². The van der Waals surface area contributed by atoms with Crippen LogP contribution in [0.15, 0.2) is 77.0 Å². The monoisotopic (exact) mass is 761 g/mol. The average molecular weight is 761 g/mol. The number of carbonyl (C=O) groups is 1. The molecule has 1 radical (unpaired) electrons. The van der Waals surface area contributed by atoms with Crippen LogP contribution in [0.4, 0.5) is 8.78 Å². The van der Waals surface area contributed by atoms with E-state index in [0.717, 1.165) is 55.1 Å². The van der Waals surface area contributed by atoms with E-state index < -0.39 is 5.92 Å². The van der Waals surface area contributed by atoms with Crippen molar-refractivity contribution < 1.29 is 43.2 Å². The van der Waals surface area contributed by atoms with Crippen LogP contribution in [0.2, 0.25) is 0 Å². The van der Waals surface area contributed by atoms with Crippen LogP contribution in [0, 0.1) is 24.8 Å². The predicted molar refractivity (Wildman–Crippen MR) is 165 cm³/mol. The van der Waals surface area contributed by atoms with Gasteiger partial charge in [-0.1, -0.05) is 82.0 Å². The molecule has 1 atom stereocenters. The van der Waals surface area contributed by atoms with Gasteiger partial charge in [-0.3, -0.25) is 4.79 Å². The minimum Gasteiger partial charge on any atom is -0.512 e. The van der Waals surface area contributed by atoms with Crippen LogP contribution in [-0.2, 0) is 24.9 Å². The van der Waals surface area contributed by atoms with Gasteiger partial charge in [0.05, 0.1) is 11.3 Å². The molecule has 1 unspecified atom stereocenters. The topological polar surface area (TPSA) is 63.3 Å². The average Bonchev–Trinajstić information content (AvgIpc) is 3.51. The van der Waals surface area contributed by atoms with Gasteiger partial charge in [0, 0.05) is 62.4 Å². The minimum absolute atomic E-state index is 0. The first-order valence-corrected chi connectivity index (χ1v) is 14.5. The van der Waals surface area contributed by atoms with Gasteiger partial charge >= 0.3 is 0 Å². The van der Waals surface area contributed by atoms with Gasteiger partial charge in [0.25, 0.3) is 0 Å². The summed E-state index contributed by atoms with van der Waals surface area (Å²) in [4.78, 5) is 15.7. The molecule has 0 saturated heterocycles. The summed E-state index contributed by atoms with van der Waals surface area (Å²) in [6.45, 7) is 9.34. The van der Waals surface area contributed by atoms with Crippen molar-refractivity contribution in [3.8, 4) is 11.3 Å². The second-order valence-corrected chi connectivity index (χ2v) is 11.9. The van der Waals surface area contributed by atoms with E-state index in [1.54, 1.807) is 6.20 Å². The molecule has 43 heavy (non-hydrogen) atoms. The van der Waals surface area contributed by atoms with E-state index in [4.69, 9.17) is 4.42 Å². The molecular formula is C36H36F2IrNO3-. The molecule has 6 rings (SSSR count). The second-order valence-electron chi connectivity index (χ2n) is 11.9. The molecule has 1 aliphatic rings. The number of furan rings is 1.